The Morgan fingerprint density at radius 3 is 2.93 bits per heavy atom. The van der Waals surface area contributed by atoms with Crippen molar-refractivity contribution in [2.45, 2.75) is 19.3 Å². The van der Waals surface area contributed by atoms with Gasteiger partial charge in [0.2, 0.25) is 0 Å². The van der Waals surface area contributed by atoms with E-state index >= 15 is 0 Å². The van der Waals surface area contributed by atoms with Gasteiger partial charge in [0.1, 0.15) is 0 Å². The molecular weight excluding hydrogens is 194 g/mol. The topological polar surface area (TPSA) is 12.0 Å². The third-order valence-corrected chi connectivity index (χ3v) is 3.23. The fourth-order valence-electron chi connectivity index (χ4n) is 1.96. The van der Waals surface area contributed by atoms with Gasteiger partial charge in [0.05, 0.1) is 0 Å². The van der Waals surface area contributed by atoms with E-state index in [0.717, 1.165) is 24.0 Å². The molecule has 1 aliphatic rings. The third kappa shape index (κ3) is 2.10. The first-order valence-corrected chi connectivity index (χ1v) is 5.66. The van der Waals surface area contributed by atoms with Crippen molar-refractivity contribution in [3.05, 3.63) is 34.9 Å². The molecule has 0 aromatic heterocycles. The van der Waals surface area contributed by atoms with Crippen molar-refractivity contribution in [3.63, 3.8) is 0 Å². The predicted octanol–water partition coefficient (Wildman–Crippen LogP) is 3.05. The van der Waals surface area contributed by atoms with Gasteiger partial charge in [0.25, 0.3) is 0 Å². The average molecular weight is 210 g/mol. The van der Waals surface area contributed by atoms with Crippen LogP contribution in [0, 0.1) is 5.92 Å². The number of benzene rings is 1. The highest BCUT2D eigenvalue weighted by Gasteiger charge is 2.38. The number of rotatable bonds is 4. The summed E-state index contributed by atoms with van der Waals surface area (Å²) in [6, 6.07) is 8.20. The summed E-state index contributed by atoms with van der Waals surface area (Å²) in [5, 5.41) is 4.31. The molecule has 0 radical (unpaired) electrons. The predicted molar refractivity (Wildman–Crippen MR) is 60.8 cm³/mol. The summed E-state index contributed by atoms with van der Waals surface area (Å²) in [7, 11) is 0. The van der Waals surface area contributed by atoms with E-state index in [1.165, 1.54) is 12.0 Å². The second-order valence-electron chi connectivity index (χ2n) is 3.93. The van der Waals surface area contributed by atoms with Crippen molar-refractivity contribution in [1.29, 1.82) is 0 Å². The zero-order valence-electron chi connectivity index (χ0n) is 8.46. The summed E-state index contributed by atoms with van der Waals surface area (Å²) >= 11 is 6.14. The zero-order valence-corrected chi connectivity index (χ0v) is 9.22. The van der Waals surface area contributed by atoms with Crippen LogP contribution in [0.3, 0.4) is 0 Å². The summed E-state index contributed by atoms with van der Waals surface area (Å²) in [4.78, 5) is 0. The van der Waals surface area contributed by atoms with Gasteiger partial charge in [0.15, 0.2) is 0 Å². The van der Waals surface area contributed by atoms with Gasteiger partial charge in [-0.25, -0.2) is 0 Å². The van der Waals surface area contributed by atoms with Crippen LogP contribution >= 0.6 is 11.6 Å². The lowest BCUT2D eigenvalue weighted by molar-refractivity contribution is 0.649. The largest absolute Gasteiger partial charge is 0.317 e. The molecule has 0 amide bonds. The molecular formula is C12H16ClN. The van der Waals surface area contributed by atoms with Crippen molar-refractivity contribution in [2.75, 3.05) is 13.1 Å². The fraction of sp³-hybridized carbons (Fsp3) is 0.500. The van der Waals surface area contributed by atoms with E-state index in [4.69, 9.17) is 11.6 Å². The molecule has 76 valence electrons. The van der Waals surface area contributed by atoms with Gasteiger partial charge >= 0.3 is 0 Å². The smallest absolute Gasteiger partial charge is 0.0440 e. The molecule has 14 heavy (non-hydrogen) atoms. The molecule has 0 heterocycles. The highest BCUT2D eigenvalue weighted by molar-refractivity contribution is 6.31. The third-order valence-electron chi connectivity index (χ3n) is 2.88. The van der Waals surface area contributed by atoms with Gasteiger partial charge in [-0.1, -0.05) is 36.7 Å². The maximum Gasteiger partial charge on any atom is 0.0440 e. The molecule has 2 atom stereocenters. The standard InChI is InChI=1S/C12H16ClN/c1-2-14-8-9-7-11(9)10-5-3-4-6-12(10)13/h3-6,9,11,14H,2,7-8H2,1H3. The Kier molecular flexibility index (Phi) is 3.09. The van der Waals surface area contributed by atoms with Crippen molar-refractivity contribution in [3.8, 4) is 0 Å². The lowest BCUT2D eigenvalue weighted by atomic mass is 10.1. The Balaban J connectivity index is 1.96. The average Bonchev–Trinajstić information content (AvgIpc) is 2.95. The Labute approximate surface area is 90.5 Å². The molecule has 1 aromatic rings. The van der Waals surface area contributed by atoms with E-state index in [0.29, 0.717) is 5.92 Å². The van der Waals surface area contributed by atoms with Crippen LogP contribution in [0.15, 0.2) is 24.3 Å². The highest BCUT2D eigenvalue weighted by Crippen LogP contribution is 2.48. The first-order chi connectivity index (χ1) is 6.83. The van der Waals surface area contributed by atoms with E-state index in [-0.39, 0.29) is 0 Å². The number of halogens is 1. The maximum atomic E-state index is 6.14. The molecule has 2 unspecified atom stereocenters. The summed E-state index contributed by atoms with van der Waals surface area (Å²) in [6.45, 7) is 4.34. The molecule has 0 saturated heterocycles. The van der Waals surface area contributed by atoms with Crippen LogP contribution < -0.4 is 5.32 Å². The van der Waals surface area contributed by atoms with Crippen molar-refractivity contribution in [2.24, 2.45) is 5.92 Å². The second kappa shape index (κ2) is 4.33. The van der Waals surface area contributed by atoms with Crippen LogP contribution in [0.2, 0.25) is 5.02 Å². The molecule has 1 saturated carbocycles. The van der Waals surface area contributed by atoms with E-state index in [1.54, 1.807) is 0 Å². The van der Waals surface area contributed by atoms with Gasteiger partial charge in [-0.3, -0.25) is 0 Å². The molecule has 0 spiro atoms. The molecule has 0 bridgehead atoms. The Morgan fingerprint density at radius 1 is 1.43 bits per heavy atom. The van der Waals surface area contributed by atoms with Crippen LogP contribution in [0.25, 0.3) is 0 Å². The summed E-state index contributed by atoms with van der Waals surface area (Å²) < 4.78 is 0. The Bertz CT molecular complexity index is 311. The summed E-state index contributed by atoms with van der Waals surface area (Å²) in [6.07, 6.45) is 1.29. The van der Waals surface area contributed by atoms with Gasteiger partial charge in [0, 0.05) is 5.02 Å². The minimum absolute atomic E-state index is 0.697. The summed E-state index contributed by atoms with van der Waals surface area (Å²) in [5.41, 5.74) is 1.33. The van der Waals surface area contributed by atoms with Gasteiger partial charge in [-0.15, -0.1) is 0 Å². The van der Waals surface area contributed by atoms with Crippen LogP contribution in [0.1, 0.15) is 24.8 Å². The molecule has 1 fully saturated rings. The van der Waals surface area contributed by atoms with Crippen LogP contribution in [0.5, 0.6) is 0 Å². The molecule has 1 nitrogen and oxygen atoms in total. The number of hydrogen-bond donors (Lipinski definition) is 1. The second-order valence-corrected chi connectivity index (χ2v) is 4.34. The monoisotopic (exact) mass is 209 g/mol. The molecule has 2 heteroatoms. The molecule has 0 aliphatic heterocycles. The summed E-state index contributed by atoms with van der Waals surface area (Å²) in [5.74, 6) is 1.50. The SMILES string of the molecule is CCNCC1CC1c1ccccc1Cl. The first kappa shape index (κ1) is 10.0. The molecule has 2 rings (SSSR count). The quantitative estimate of drug-likeness (QED) is 0.804. The zero-order chi connectivity index (χ0) is 9.97. The van der Waals surface area contributed by atoms with E-state index < -0.39 is 0 Å². The van der Waals surface area contributed by atoms with E-state index in [2.05, 4.69) is 24.4 Å². The number of hydrogen-bond acceptors (Lipinski definition) is 1. The Morgan fingerprint density at radius 2 is 2.21 bits per heavy atom. The minimum atomic E-state index is 0.697. The van der Waals surface area contributed by atoms with Crippen molar-refractivity contribution in [1.82, 2.24) is 5.32 Å². The molecule has 1 aliphatic carbocycles. The first-order valence-electron chi connectivity index (χ1n) is 5.28. The van der Waals surface area contributed by atoms with Crippen molar-refractivity contribution < 1.29 is 0 Å². The lowest BCUT2D eigenvalue weighted by Gasteiger charge is -2.03. The lowest BCUT2D eigenvalue weighted by Crippen LogP contribution is -2.16. The minimum Gasteiger partial charge on any atom is -0.317 e. The van der Waals surface area contributed by atoms with Gasteiger partial charge < -0.3 is 5.32 Å². The van der Waals surface area contributed by atoms with Crippen molar-refractivity contribution >= 4 is 11.6 Å². The number of nitrogens with one attached hydrogen (secondary N) is 1. The van der Waals surface area contributed by atoms with Gasteiger partial charge in [-0.05, 0) is 43.0 Å². The Hall–Kier alpha value is -0.530. The van der Waals surface area contributed by atoms with E-state index in [9.17, 15) is 0 Å². The normalized spacial score (nSPS) is 25.0. The molecule has 1 N–H and O–H groups in total. The highest BCUT2D eigenvalue weighted by atomic mass is 35.5. The van der Waals surface area contributed by atoms with Gasteiger partial charge in [-0.2, -0.15) is 0 Å². The van der Waals surface area contributed by atoms with Crippen LogP contribution in [-0.4, -0.2) is 13.1 Å². The fourth-order valence-corrected chi connectivity index (χ4v) is 2.24. The van der Waals surface area contributed by atoms with E-state index in [1.807, 2.05) is 12.1 Å². The maximum absolute atomic E-state index is 6.14. The van der Waals surface area contributed by atoms with Crippen LogP contribution in [0.4, 0.5) is 0 Å². The van der Waals surface area contributed by atoms with Crippen LogP contribution in [-0.2, 0) is 0 Å². The molecule has 1 aromatic carbocycles.